The monoisotopic (exact) mass is 375 g/mol. The van der Waals surface area contributed by atoms with E-state index in [1.165, 1.54) is 0 Å². The van der Waals surface area contributed by atoms with Crippen LogP contribution in [-0.4, -0.2) is 59.7 Å². The highest BCUT2D eigenvalue weighted by molar-refractivity contribution is 6.30. The van der Waals surface area contributed by atoms with Gasteiger partial charge >= 0.3 is 0 Å². The SMILES string of the molecule is Cn1cccc1CN(CCCN1CCOCC1)C(=O)c1cccc(Cl)c1. The lowest BCUT2D eigenvalue weighted by Gasteiger charge is -2.28. The quantitative estimate of drug-likeness (QED) is 0.746. The molecule has 1 fully saturated rings. The minimum Gasteiger partial charge on any atom is -0.379 e. The Morgan fingerprint density at radius 2 is 2.04 bits per heavy atom. The summed E-state index contributed by atoms with van der Waals surface area (Å²) in [6.45, 7) is 5.84. The number of aromatic nitrogens is 1. The Morgan fingerprint density at radius 3 is 2.73 bits per heavy atom. The summed E-state index contributed by atoms with van der Waals surface area (Å²) in [4.78, 5) is 17.4. The molecule has 0 N–H and O–H groups in total. The van der Waals surface area contributed by atoms with Gasteiger partial charge in [-0.3, -0.25) is 9.69 Å². The van der Waals surface area contributed by atoms with Crippen LogP contribution >= 0.6 is 11.6 Å². The van der Waals surface area contributed by atoms with Crippen molar-refractivity contribution in [1.82, 2.24) is 14.4 Å². The summed E-state index contributed by atoms with van der Waals surface area (Å²) >= 11 is 6.07. The van der Waals surface area contributed by atoms with Gasteiger partial charge in [-0.25, -0.2) is 0 Å². The van der Waals surface area contributed by atoms with E-state index in [0.29, 0.717) is 23.7 Å². The van der Waals surface area contributed by atoms with Crippen LogP contribution in [0.5, 0.6) is 0 Å². The summed E-state index contributed by atoms with van der Waals surface area (Å²) in [5.74, 6) is 0.0238. The number of nitrogens with zero attached hydrogens (tertiary/aromatic N) is 3. The first-order chi connectivity index (χ1) is 12.6. The van der Waals surface area contributed by atoms with Crippen molar-refractivity contribution < 1.29 is 9.53 Å². The maximum absolute atomic E-state index is 13.0. The third-order valence-corrected chi connectivity index (χ3v) is 5.00. The van der Waals surface area contributed by atoms with Crippen LogP contribution in [-0.2, 0) is 18.3 Å². The average Bonchev–Trinajstić information content (AvgIpc) is 3.06. The second-order valence-corrected chi connectivity index (χ2v) is 7.09. The Hall–Kier alpha value is -1.82. The molecular weight excluding hydrogens is 350 g/mol. The first-order valence-electron chi connectivity index (χ1n) is 9.08. The molecule has 3 rings (SSSR count). The lowest BCUT2D eigenvalue weighted by molar-refractivity contribution is 0.0355. The van der Waals surface area contributed by atoms with E-state index in [1.54, 1.807) is 12.1 Å². The molecule has 140 valence electrons. The molecule has 1 saturated heterocycles. The average molecular weight is 376 g/mol. The zero-order valence-corrected chi connectivity index (χ0v) is 16.0. The van der Waals surface area contributed by atoms with Gasteiger partial charge in [0.2, 0.25) is 0 Å². The van der Waals surface area contributed by atoms with Gasteiger partial charge in [-0.2, -0.15) is 0 Å². The summed E-state index contributed by atoms with van der Waals surface area (Å²) in [6.07, 6.45) is 2.95. The number of amides is 1. The predicted molar refractivity (Wildman–Crippen MR) is 103 cm³/mol. The van der Waals surface area contributed by atoms with Crippen molar-refractivity contribution in [2.75, 3.05) is 39.4 Å². The minimum atomic E-state index is 0.0238. The summed E-state index contributed by atoms with van der Waals surface area (Å²) in [7, 11) is 2.01. The van der Waals surface area contributed by atoms with Crippen molar-refractivity contribution in [3.05, 3.63) is 58.9 Å². The molecule has 1 aliphatic rings. The fourth-order valence-corrected chi connectivity index (χ4v) is 3.41. The number of carbonyl (C=O) groups excluding carboxylic acids is 1. The topological polar surface area (TPSA) is 37.7 Å². The number of hydrogen-bond acceptors (Lipinski definition) is 3. The van der Waals surface area contributed by atoms with Crippen LogP contribution in [0.25, 0.3) is 0 Å². The molecule has 2 heterocycles. The highest BCUT2D eigenvalue weighted by Crippen LogP contribution is 2.15. The van der Waals surface area contributed by atoms with Crippen LogP contribution < -0.4 is 0 Å². The molecule has 1 aromatic carbocycles. The summed E-state index contributed by atoms with van der Waals surface area (Å²) in [5, 5.41) is 0.586. The van der Waals surface area contributed by atoms with Gasteiger partial charge in [-0.15, -0.1) is 0 Å². The third kappa shape index (κ3) is 5.10. The van der Waals surface area contributed by atoms with Gasteiger partial charge in [-0.1, -0.05) is 17.7 Å². The fraction of sp³-hybridized carbons (Fsp3) is 0.450. The van der Waals surface area contributed by atoms with Gasteiger partial charge < -0.3 is 14.2 Å². The number of morpholine rings is 1. The maximum atomic E-state index is 13.0. The van der Waals surface area contributed by atoms with E-state index in [0.717, 1.165) is 45.0 Å². The standard InChI is InChI=1S/C20H26ClN3O2/c1-22-8-3-7-19(22)16-24(10-4-9-23-11-13-26-14-12-23)20(25)17-5-2-6-18(21)15-17/h2-3,5-8,15H,4,9-14,16H2,1H3. The van der Waals surface area contributed by atoms with Crippen molar-refractivity contribution in [3.63, 3.8) is 0 Å². The van der Waals surface area contributed by atoms with Gasteiger partial charge in [0.15, 0.2) is 0 Å². The highest BCUT2D eigenvalue weighted by atomic mass is 35.5. The fourth-order valence-electron chi connectivity index (χ4n) is 3.22. The number of carbonyl (C=O) groups is 1. The first kappa shape index (κ1) is 19.0. The summed E-state index contributed by atoms with van der Waals surface area (Å²) in [6, 6.07) is 11.2. The van der Waals surface area contributed by atoms with E-state index in [4.69, 9.17) is 16.3 Å². The molecule has 1 aliphatic heterocycles. The normalized spacial score (nSPS) is 15.2. The van der Waals surface area contributed by atoms with E-state index in [9.17, 15) is 4.79 Å². The van der Waals surface area contributed by atoms with Crippen LogP contribution in [0, 0.1) is 0 Å². The van der Waals surface area contributed by atoms with Crippen LogP contribution in [0.3, 0.4) is 0 Å². The number of benzene rings is 1. The first-order valence-corrected chi connectivity index (χ1v) is 9.46. The number of aryl methyl sites for hydroxylation is 1. The van der Waals surface area contributed by atoms with Crippen LogP contribution in [0.15, 0.2) is 42.6 Å². The Morgan fingerprint density at radius 1 is 1.23 bits per heavy atom. The minimum absolute atomic E-state index is 0.0238. The van der Waals surface area contributed by atoms with Crippen LogP contribution in [0.1, 0.15) is 22.5 Å². The smallest absolute Gasteiger partial charge is 0.254 e. The molecule has 1 aromatic heterocycles. The van der Waals surface area contributed by atoms with Crippen molar-refractivity contribution in [3.8, 4) is 0 Å². The molecule has 0 bridgehead atoms. The van der Waals surface area contributed by atoms with Gasteiger partial charge in [0.05, 0.1) is 19.8 Å². The van der Waals surface area contributed by atoms with E-state index < -0.39 is 0 Å². The Bertz CT molecular complexity index is 725. The molecule has 0 atom stereocenters. The van der Waals surface area contributed by atoms with E-state index in [2.05, 4.69) is 15.5 Å². The van der Waals surface area contributed by atoms with E-state index in [1.807, 2.05) is 36.3 Å². The molecule has 1 amide bonds. The van der Waals surface area contributed by atoms with Crippen LogP contribution in [0.4, 0.5) is 0 Å². The Labute approximate surface area is 160 Å². The number of hydrogen-bond donors (Lipinski definition) is 0. The van der Waals surface area contributed by atoms with Crippen molar-refractivity contribution in [1.29, 1.82) is 0 Å². The lowest BCUT2D eigenvalue weighted by Crippen LogP contribution is -2.39. The van der Waals surface area contributed by atoms with E-state index >= 15 is 0 Å². The van der Waals surface area contributed by atoms with Crippen molar-refractivity contribution in [2.24, 2.45) is 7.05 Å². The molecule has 0 spiro atoms. The zero-order chi connectivity index (χ0) is 18.4. The van der Waals surface area contributed by atoms with Gasteiger partial charge in [0.25, 0.3) is 5.91 Å². The largest absolute Gasteiger partial charge is 0.379 e. The number of rotatable bonds is 7. The Kier molecular flexibility index (Phi) is 6.72. The molecular formula is C20H26ClN3O2. The maximum Gasteiger partial charge on any atom is 0.254 e. The van der Waals surface area contributed by atoms with E-state index in [-0.39, 0.29) is 5.91 Å². The van der Waals surface area contributed by atoms with Crippen molar-refractivity contribution in [2.45, 2.75) is 13.0 Å². The second kappa shape index (κ2) is 9.21. The highest BCUT2D eigenvalue weighted by Gasteiger charge is 2.18. The van der Waals surface area contributed by atoms with Crippen molar-refractivity contribution >= 4 is 17.5 Å². The molecule has 6 heteroatoms. The summed E-state index contributed by atoms with van der Waals surface area (Å²) in [5.41, 5.74) is 1.75. The lowest BCUT2D eigenvalue weighted by atomic mass is 10.2. The molecule has 26 heavy (non-hydrogen) atoms. The molecule has 0 saturated carbocycles. The van der Waals surface area contributed by atoms with Gasteiger partial charge in [0.1, 0.15) is 0 Å². The summed E-state index contributed by atoms with van der Waals surface area (Å²) < 4.78 is 7.45. The third-order valence-electron chi connectivity index (χ3n) is 4.77. The number of ether oxygens (including phenoxy) is 1. The molecule has 0 aliphatic carbocycles. The van der Waals surface area contributed by atoms with Gasteiger partial charge in [-0.05, 0) is 36.8 Å². The molecule has 0 unspecified atom stereocenters. The Balaban J connectivity index is 1.66. The second-order valence-electron chi connectivity index (χ2n) is 6.66. The van der Waals surface area contributed by atoms with Gasteiger partial charge in [0, 0.05) is 55.7 Å². The number of halogens is 1. The van der Waals surface area contributed by atoms with Crippen LogP contribution in [0.2, 0.25) is 5.02 Å². The molecule has 0 radical (unpaired) electrons. The molecule has 5 nitrogen and oxygen atoms in total. The predicted octanol–water partition coefficient (Wildman–Crippen LogP) is 3.04. The molecule has 2 aromatic rings. The zero-order valence-electron chi connectivity index (χ0n) is 15.2.